The molecular formula is C18H26N4. The van der Waals surface area contributed by atoms with Gasteiger partial charge >= 0.3 is 0 Å². The summed E-state index contributed by atoms with van der Waals surface area (Å²) in [6.45, 7) is 5.39. The second-order valence-electron chi connectivity index (χ2n) is 6.27. The van der Waals surface area contributed by atoms with Crippen LogP contribution in [-0.2, 0) is 13.0 Å². The first kappa shape index (κ1) is 15.1. The molecule has 2 heterocycles. The fourth-order valence-corrected chi connectivity index (χ4v) is 3.25. The average molecular weight is 298 g/mol. The van der Waals surface area contributed by atoms with E-state index in [2.05, 4.69) is 70.4 Å². The molecule has 0 amide bonds. The fourth-order valence-electron chi connectivity index (χ4n) is 3.25. The van der Waals surface area contributed by atoms with Gasteiger partial charge in [-0.3, -0.25) is 10.00 Å². The van der Waals surface area contributed by atoms with E-state index in [1.807, 2.05) is 0 Å². The van der Waals surface area contributed by atoms with Gasteiger partial charge in [-0.05, 0) is 38.1 Å². The summed E-state index contributed by atoms with van der Waals surface area (Å²) in [4.78, 5) is 4.93. The normalized spacial score (nSPS) is 18.3. The standard InChI is InChI=1S/C18H26N4/c1-3-7-15-12-16(20-19-15)13-21(2)18-10-11-22(14-18)17-8-5-4-6-9-17/h4-6,8-9,12,18H,3,7,10-11,13-14H2,1-2H3,(H,19,20)/t18-/m0/s1. The third-order valence-corrected chi connectivity index (χ3v) is 4.52. The average Bonchev–Trinajstić information content (AvgIpc) is 3.18. The van der Waals surface area contributed by atoms with Crippen molar-refractivity contribution in [1.82, 2.24) is 15.1 Å². The summed E-state index contributed by atoms with van der Waals surface area (Å²) < 4.78 is 0. The van der Waals surface area contributed by atoms with Crippen molar-refractivity contribution >= 4 is 5.69 Å². The number of nitrogens with zero attached hydrogens (tertiary/aromatic N) is 3. The lowest BCUT2D eigenvalue weighted by molar-refractivity contribution is 0.247. The molecule has 2 aromatic rings. The molecule has 1 N–H and O–H groups in total. The number of aromatic amines is 1. The first-order valence-electron chi connectivity index (χ1n) is 8.29. The molecular weight excluding hydrogens is 272 g/mol. The highest BCUT2D eigenvalue weighted by molar-refractivity contribution is 5.47. The van der Waals surface area contributed by atoms with Gasteiger partial charge in [0, 0.05) is 37.1 Å². The second kappa shape index (κ2) is 6.97. The largest absolute Gasteiger partial charge is 0.370 e. The maximum atomic E-state index is 4.39. The zero-order chi connectivity index (χ0) is 15.4. The summed E-state index contributed by atoms with van der Waals surface area (Å²) in [6, 6.07) is 13.5. The molecule has 4 nitrogen and oxygen atoms in total. The highest BCUT2D eigenvalue weighted by Gasteiger charge is 2.26. The van der Waals surface area contributed by atoms with Crippen LogP contribution in [0.1, 0.15) is 31.2 Å². The molecule has 1 aromatic carbocycles. The van der Waals surface area contributed by atoms with Crippen LogP contribution >= 0.6 is 0 Å². The zero-order valence-electron chi connectivity index (χ0n) is 13.6. The van der Waals surface area contributed by atoms with Crippen LogP contribution in [-0.4, -0.2) is 41.3 Å². The maximum absolute atomic E-state index is 4.39. The molecule has 0 bridgehead atoms. The lowest BCUT2D eigenvalue weighted by atomic mass is 10.2. The molecule has 0 radical (unpaired) electrons. The van der Waals surface area contributed by atoms with E-state index in [-0.39, 0.29) is 0 Å². The van der Waals surface area contributed by atoms with Gasteiger partial charge in [-0.15, -0.1) is 0 Å². The molecule has 1 saturated heterocycles. The first-order valence-corrected chi connectivity index (χ1v) is 8.29. The molecule has 1 aliphatic rings. The van der Waals surface area contributed by atoms with E-state index in [0.717, 1.165) is 32.5 Å². The summed E-state index contributed by atoms with van der Waals surface area (Å²) >= 11 is 0. The zero-order valence-corrected chi connectivity index (χ0v) is 13.6. The Morgan fingerprint density at radius 2 is 2.14 bits per heavy atom. The van der Waals surface area contributed by atoms with Gasteiger partial charge in [0.05, 0.1) is 5.69 Å². The van der Waals surface area contributed by atoms with Crippen molar-refractivity contribution in [2.75, 3.05) is 25.0 Å². The van der Waals surface area contributed by atoms with E-state index in [9.17, 15) is 0 Å². The third kappa shape index (κ3) is 3.50. The van der Waals surface area contributed by atoms with Gasteiger partial charge in [-0.1, -0.05) is 31.5 Å². The van der Waals surface area contributed by atoms with Crippen molar-refractivity contribution in [3.05, 3.63) is 47.8 Å². The highest BCUT2D eigenvalue weighted by atomic mass is 15.3. The number of aryl methyl sites for hydroxylation is 1. The lowest BCUT2D eigenvalue weighted by Gasteiger charge is -2.24. The highest BCUT2D eigenvalue weighted by Crippen LogP contribution is 2.22. The van der Waals surface area contributed by atoms with E-state index >= 15 is 0 Å². The van der Waals surface area contributed by atoms with E-state index < -0.39 is 0 Å². The van der Waals surface area contributed by atoms with Crippen LogP contribution < -0.4 is 4.90 Å². The van der Waals surface area contributed by atoms with Gasteiger partial charge in [-0.25, -0.2) is 0 Å². The van der Waals surface area contributed by atoms with Crippen LogP contribution in [0.2, 0.25) is 0 Å². The number of anilines is 1. The van der Waals surface area contributed by atoms with E-state index in [1.165, 1.54) is 23.5 Å². The first-order chi connectivity index (χ1) is 10.8. The van der Waals surface area contributed by atoms with Gasteiger partial charge in [0.2, 0.25) is 0 Å². The molecule has 0 saturated carbocycles. The summed E-state index contributed by atoms with van der Waals surface area (Å²) in [7, 11) is 2.22. The lowest BCUT2D eigenvalue weighted by Crippen LogP contribution is -2.34. The molecule has 0 unspecified atom stereocenters. The Balaban J connectivity index is 1.55. The fraction of sp³-hybridized carbons (Fsp3) is 0.500. The van der Waals surface area contributed by atoms with Gasteiger partial charge in [0.15, 0.2) is 0 Å². The van der Waals surface area contributed by atoms with Crippen molar-refractivity contribution in [1.29, 1.82) is 0 Å². The molecule has 3 rings (SSSR count). The number of nitrogens with one attached hydrogen (secondary N) is 1. The minimum Gasteiger partial charge on any atom is -0.370 e. The number of hydrogen-bond acceptors (Lipinski definition) is 3. The molecule has 1 atom stereocenters. The second-order valence-corrected chi connectivity index (χ2v) is 6.27. The Kier molecular flexibility index (Phi) is 4.78. The Bertz CT molecular complexity index is 578. The van der Waals surface area contributed by atoms with Gasteiger partial charge in [0.25, 0.3) is 0 Å². The van der Waals surface area contributed by atoms with E-state index in [4.69, 9.17) is 0 Å². The van der Waals surface area contributed by atoms with Crippen molar-refractivity contribution < 1.29 is 0 Å². The summed E-state index contributed by atoms with van der Waals surface area (Å²) in [5, 5.41) is 7.57. The summed E-state index contributed by atoms with van der Waals surface area (Å²) in [5.41, 5.74) is 3.75. The number of aromatic nitrogens is 2. The number of rotatable bonds is 6. The van der Waals surface area contributed by atoms with E-state index in [0.29, 0.717) is 6.04 Å². The van der Waals surface area contributed by atoms with Crippen molar-refractivity contribution in [2.45, 2.75) is 38.8 Å². The number of para-hydroxylation sites is 1. The smallest absolute Gasteiger partial charge is 0.0625 e. The van der Waals surface area contributed by atoms with Crippen molar-refractivity contribution in [3.63, 3.8) is 0 Å². The minimum atomic E-state index is 0.609. The van der Waals surface area contributed by atoms with Crippen LogP contribution in [0.5, 0.6) is 0 Å². The quantitative estimate of drug-likeness (QED) is 0.890. The topological polar surface area (TPSA) is 35.2 Å². The maximum Gasteiger partial charge on any atom is 0.0625 e. The van der Waals surface area contributed by atoms with Crippen LogP contribution in [0.25, 0.3) is 0 Å². The monoisotopic (exact) mass is 298 g/mol. The Morgan fingerprint density at radius 3 is 2.91 bits per heavy atom. The third-order valence-electron chi connectivity index (χ3n) is 4.52. The molecule has 118 valence electrons. The SMILES string of the molecule is CCCc1cc(CN(C)[C@H]2CCN(c3ccccc3)C2)[nH]n1. The van der Waals surface area contributed by atoms with Crippen LogP contribution in [0.4, 0.5) is 5.69 Å². The Labute approximate surface area is 133 Å². The molecule has 1 aliphatic heterocycles. The number of hydrogen-bond donors (Lipinski definition) is 1. The van der Waals surface area contributed by atoms with Crippen molar-refractivity contribution in [3.8, 4) is 0 Å². The van der Waals surface area contributed by atoms with Crippen LogP contribution in [0.15, 0.2) is 36.4 Å². The molecule has 0 spiro atoms. The van der Waals surface area contributed by atoms with Crippen molar-refractivity contribution in [2.24, 2.45) is 0 Å². The van der Waals surface area contributed by atoms with E-state index in [1.54, 1.807) is 0 Å². The minimum absolute atomic E-state index is 0.609. The van der Waals surface area contributed by atoms with Gasteiger partial charge < -0.3 is 4.90 Å². The predicted molar refractivity (Wildman–Crippen MR) is 91.1 cm³/mol. The number of benzene rings is 1. The summed E-state index contributed by atoms with van der Waals surface area (Å²) in [5.74, 6) is 0. The predicted octanol–water partition coefficient (Wildman–Crippen LogP) is 3.07. The summed E-state index contributed by atoms with van der Waals surface area (Å²) in [6.07, 6.45) is 3.43. The molecule has 4 heteroatoms. The number of H-pyrrole nitrogens is 1. The van der Waals surface area contributed by atoms with Crippen LogP contribution in [0, 0.1) is 0 Å². The number of likely N-dealkylation sites (N-methyl/N-ethyl adjacent to an activating group) is 1. The van der Waals surface area contributed by atoms with Gasteiger partial charge in [-0.2, -0.15) is 5.10 Å². The molecule has 1 aromatic heterocycles. The molecule has 22 heavy (non-hydrogen) atoms. The van der Waals surface area contributed by atoms with Crippen LogP contribution in [0.3, 0.4) is 0 Å². The molecule has 1 fully saturated rings. The van der Waals surface area contributed by atoms with Gasteiger partial charge in [0.1, 0.15) is 0 Å². The Morgan fingerprint density at radius 1 is 1.32 bits per heavy atom. The Hall–Kier alpha value is -1.81. The molecule has 0 aliphatic carbocycles.